The van der Waals surface area contributed by atoms with Crippen LogP contribution in [0.25, 0.3) is 0 Å². The van der Waals surface area contributed by atoms with Gasteiger partial charge in [-0.05, 0) is 50.8 Å². The van der Waals surface area contributed by atoms with E-state index in [-0.39, 0.29) is 12.1 Å². The molecule has 1 aromatic carbocycles. The summed E-state index contributed by atoms with van der Waals surface area (Å²) in [6, 6.07) is 5.86. The zero-order valence-electron chi connectivity index (χ0n) is 11.1. The summed E-state index contributed by atoms with van der Waals surface area (Å²) in [5.41, 5.74) is 2.87. The Bertz CT molecular complexity index is 420. The van der Waals surface area contributed by atoms with Crippen molar-refractivity contribution in [1.82, 2.24) is 0 Å². The van der Waals surface area contributed by atoms with Crippen LogP contribution in [0.4, 0.5) is 0 Å². The number of benzene rings is 1. The molecule has 0 spiro atoms. The highest BCUT2D eigenvalue weighted by Crippen LogP contribution is 2.17. The molecule has 98 valence electrons. The van der Waals surface area contributed by atoms with Gasteiger partial charge in [-0.2, -0.15) is 0 Å². The van der Waals surface area contributed by atoms with Crippen LogP contribution >= 0.6 is 0 Å². The molecule has 0 radical (unpaired) electrons. The minimum absolute atomic E-state index is 0.0833. The molecular weight excluding hydrogens is 228 g/mol. The van der Waals surface area contributed by atoms with E-state index in [0.717, 1.165) is 42.6 Å². The third kappa shape index (κ3) is 3.65. The molecule has 3 heteroatoms. The van der Waals surface area contributed by atoms with Crippen LogP contribution in [0.2, 0.25) is 0 Å². The summed E-state index contributed by atoms with van der Waals surface area (Å²) in [5, 5.41) is 0. The highest BCUT2D eigenvalue weighted by molar-refractivity contribution is 5.94. The Morgan fingerprint density at radius 3 is 2.89 bits per heavy atom. The summed E-state index contributed by atoms with van der Waals surface area (Å²) in [7, 11) is 0. The SMILES string of the molecule is CC(=O)c1cc(C)cc(COC2CCCCO2)c1. The molecular formula is C15H20O3. The molecule has 1 aliphatic heterocycles. The van der Waals surface area contributed by atoms with Crippen molar-refractivity contribution in [3.8, 4) is 0 Å². The molecule has 1 heterocycles. The molecule has 1 aliphatic rings. The standard InChI is InChI=1S/C15H20O3/c1-11-7-13(9-14(8-11)12(2)16)10-18-15-5-3-4-6-17-15/h7-9,15H,3-6,10H2,1-2H3. The van der Waals surface area contributed by atoms with Crippen LogP contribution in [0.3, 0.4) is 0 Å². The van der Waals surface area contributed by atoms with Crippen LogP contribution < -0.4 is 0 Å². The van der Waals surface area contributed by atoms with Gasteiger partial charge < -0.3 is 9.47 Å². The molecule has 0 bridgehead atoms. The van der Waals surface area contributed by atoms with Crippen molar-refractivity contribution in [1.29, 1.82) is 0 Å². The van der Waals surface area contributed by atoms with Crippen LogP contribution in [-0.4, -0.2) is 18.7 Å². The first-order valence-electron chi connectivity index (χ1n) is 6.50. The highest BCUT2D eigenvalue weighted by atomic mass is 16.7. The fraction of sp³-hybridized carbons (Fsp3) is 0.533. The lowest BCUT2D eigenvalue weighted by atomic mass is 10.0. The number of ether oxygens (including phenoxy) is 2. The Balaban J connectivity index is 1.97. The molecule has 3 nitrogen and oxygen atoms in total. The van der Waals surface area contributed by atoms with Crippen molar-refractivity contribution in [2.75, 3.05) is 6.61 Å². The van der Waals surface area contributed by atoms with Crippen LogP contribution in [0.1, 0.15) is 47.7 Å². The predicted octanol–water partition coefficient (Wildman–Crippen LogP) is 3.24. The van der Waals surface area contributed by atoms with Crippen LogP contribution in [0, 0.1) is 6.92 Å². The lowest BCUT2D eigenvalue weighted by Crippen LogP contribution is -2.22. The van der Waals surface area contributed by atoms with Crippen molar-refractivity contribution in [2.24, 2.45) is 0 Å². The van der Waals surface area contributed by atoms with Crippen LogP contribution in [-0.2, 0) is 16.1 Å². The fourth-order valence-corrected chi connectivity index (χ4v) is 2.18. The molecule has 0 aliphatic carbocycles. The van der Waals surface area contributed by atoms with Crippen molar-refractivity contribution < 1.29 is 14.3 Å². The van der Waals surface area contributed by atoms with Gasteiger partial charge in [0.2, 0.25) is 0 Å². The zero-order chi connectivity index (χ0) is 13.0. The van der Waals surface area contributed by atoms with E-state index in [9.17, 15) is 4.79 Å². The van der Waals surface area contributed by atoms with Gasteiger partial charge in [0, 0.05) is 12.2 Å². The molecule has 1 unspecified atom stereocenters. The molecule has 1 saturated heterocycles. The molecule has 0 aromatic heterocycles. The summed E-state index contributed by atoms with van der Waals surface area (Å²) < 4.78 is 11.2. The smallest absolute Gasteiger partial charge is 0.159 e. The average Bonchev–Trinajstić information content (AvgIpc) is 2.37. The van der Waals surface area contributed by atoms with E-state index in [1.165, 1.54) is 0 Å². The van der Waals surface area contributed by atoms with Gasteiger partial charge in [0.05, 0.1) is 6.61 Å². The largest absolute Gasteiger partial charge is 0.353 e. The maximum absolute atomic E-state index is 11.4. The van der Waals surface area contributed by atoms with E-state index < -0.39 is 0 Å². The second-order valence-corrected chi connectivity index (χ2v) is 4.87. The fourth-order valence-electron chi connectivity index (χ4n) is 2.18. The number of carbonyl (C=O) groups is 1. The minimum atomic E-state index is -0.0833. The first kappa shape index (κ1) is 13.2. The Labute approximate surface area is 108 Å². The van der Waals surface area contributed by atoms with Gasteiger partial charge in [-0.15, -0.1) is 0 Å². The van der Waals surface area contributed by atoms with Gasteiger partial charge >= 0.3 is 0 Å². The number of ketones is 1. The monoisotopic (exact) mass is 248 g/mol. The molecule has 1 fully saturated rings. The first-order chi connectivity index (χ1) is 8.65. The van der Waals surface area contributed by atoms with E-state index in [0.29, 0.717) is 6.61 Å². The second-order valence-electron chi connectivity index (χ2n) is 4.87. The Kier molecular flexibility index (Phi) is 4.50. The highest BCUT2D eigenvalue weighted by Gasteiger charge is 2.14. The maximum Gasteiger partial charge on any atom is 0.159 e. The van der Waals surface area contributed by atoms with Crippen molar-refractivity contribution in [3.05, 3.63) is 34.9 Å². The normalized spacial score (nSPS) is 19.8. The third-order valence-electron chi connectivity index (χ3n) is 3.12. The first-order valence-corrected chi connectivity index (χ1v) is 6.50. The van der Waals surface area contributed by atoms with Gasteiger partial charge in [0.15, 0.2) is 12.1 Å². The van der Waals surface area contributed by atoms with Gasteiger partial charge in [-0.3, -0.25) is 4.79 Å². The molecule has 0 N–H and O–H groups in total. The average molecular weight is 248 g/mol. The quantitative estimate of drug-likeness (QED) is 0.767. The van der Waals surface area contributed by atoms with E-state index in [1.807, 2.05) is 19.1 Å². The van der Waals surface area contributed by atoms with E-state index >= 15 is 0 Å². The zero-order valence-corrected chi connectivity index (χ0v) is 11.1. The molecule has 0 amide bonds. The van der Waals surface area contributed by atoms with Gasteiger partial charge in [0.1, 0.15) is 0 Å². The van der Waals surface area contributed by atoms with Gasteiger partial charge in [-0.1, -0.05) is 11.6 Å². The number of Topliss-reactive ketones (excluding diaryl/α,β-unsaturated/α-hetero) is 1. The van der Waals surface area contributed by atoms with E-state index in [4.69, 9.17) is 9.47 Å². The summed E-state index contributed by atoms with van der Waals surface area (Å²) >= 11 is 0. The van der Waals surface area contributed by atoms with Crippen molar-refractivity contribution >= 4 is 5.78 Å². The topological polar surface area (TPSA) is 35.5 Å². The predicted molar refractivity (Wildman–Crippen MR) is 69.6 cm³/mol. The number of aryl methyl sites for hydroxylation is 1. The summed E-state index contributed by atoms with van der Waals surface area (Å²) in [5.74, 6) is 0.0915. The summed E-state index contributed by atoms with van der Waals surface area (Å²) in [6.07, 6.45) is 3.17. The van der Waals surface area contributed by atoms with Crippen LogP contribution in [0.15, 0.2) is 18.2 Å². The second kappa shape index (κ2) is 6.12. The van der Waals surface area contributed by atoms with Crippen molar-refractivity contribution in [3.63, 3.8) is 0 Å². The molecule has 18 heavy (non-hydrogen) atoms. The van der Waals surface area contributed by atoms with E-state index in [2.05, 4.69) is 6.07 Å². The lowest BCUT2D eigenvalue weighted by molar-refractivity contribution is -0.168. The van der Waals surface area contributed by atoms with Crippen LogP contribution in [0.5, 0.6) is 0 Å². The minimum Gasteiger partial charge on any atom is -0.353 e. The number of hydrogen-bond acceptors (Lipinski definition) is 3. The Morgan fingerprint density at radius 1 is 1.39 bits per heavy atom. The lowest BCUT2D eigenvalue weighted by Gasteiger charge is -2.22. The summed E-state index contributed by atoms with van der Waals surface area (Å²) in [4.78, 5) is 11.4. The van der Waals surface area contributed by atoms with Crippen molar-refractivity contribution in [2.45, 2.75) is 46.0 Å². The Hall–Kier alpha value is -1.19. The van der Waals surface area contributed by atoms with Gasteiger partial charge in [0.25, 0.3) is 0 Å². The molecule has 0 saturated carbocycles. The number of rotatable bonds is 4. The molecule has 2 rings (SSSR count). The molecule has 1 aromatic rings. The number of carbonyl (C=O) groups excluding carboxylic acids is 1. The van der Waals surface area contributed by atoms with E-state index in [1.54, 1.807) is 6.92 Å². The third-order valence-corrected chi connectivity index (χ3v) is 3.12. The number of hydrogen-bond donors (Lipinski definition) is 0. The summed E-state index contributed by atoms with van der Waals surface area (Å²) in [6.45, 7) is 4.88. The van der Waals surface area contributed by atoms with Gasteiger partial charge in [-0.25, -0.2) is 0 Å². The Morgan fingerprint density at radius 2 is 2.22 bits per heavy atom. The molecule has 1 atom stereocenters. The maximum atomic E-state index is 11.4.